The molecule has 1 aromatic carbocycles. The molecule has 1 heterocycles. The third kappa shape index (κ3) is 4.03. The van der Waals surface area contributed by atoms with Crippen molar-refractivity contribution in [2.24, 2.45) is 7.05 Å². The molecule has 13 heteroatoms. The van der Waals surface area contributed by atoms with Gasteiger partial charge in [-0.25, -0.2) is 0 Å². The number of anilines is 1. The zero-order valence-electron chi connectivity index (χ0n) is 12.0. The van der Waals surface area contributed by atoms with Crippen molar-refractivity contribution in [1.82, 2.24) is 9.78 Å². The highest BCUT2D eigenvalue weighted by Gasteiger charge is 2.39. The number of carbonyl (C=O) groups excluding carboxylic acids is 1. The molecule has 7 nitrogen and oxygen atoms in total. The normalized spacial score (nSPS) is 11.5. The number of nitro groups is 1. The van der Waals surface area contributed by atoms with Gasteiger partial charge >= 0.3 is 6.18 Å². The van der Waals surface area contributed by atoms with Crippen molar-refractivity contribution in [2.45, 2.75) is 6.18 Å². The van der Waals surface area contributed by atoms with E-state index in [2.05, 4.69) is 58.2 Å². The summed E-state index contributed by atoms with van der Waals surface area (Å²) in [6.45, 7) is 0. The zero-order valence-corrected chi connectivity index (χ0v) is 16.7. The molecule has 2 rings (SSSR count). The minimum Gasteiger partial charge on any atom is -0.319 e. The molecule has 0 saturated carbocycles. The predicted octanol–water partition coefficient (Wildman–Crippen LogP) is 4.89. The van der Waals surface area contributed by atoms with Gasteiger partial charge in [-0.2, -0.15) is 18.3 Å². The molecule has 25 heavy (non-hydrogen) atoms. The van der Waals surface area contributed by atoms with E-state index in [1.807, 2.05) is 0 Å². The number of nitrogens with one attached hydrogen (secondary N) is 1. The number of benzene rings is 1. The molecule has 1 amide bonds. The number of amides is 1. The molecule has 0 aliphatic rings. The Labute approximate surface area is 163 Å². The predicted molar refractivity (Wildman–Crippen MR) is 92.4 cm³/mol. The maximum atomic E-state index is 13.0. The molecular formula is C12H6Br3F3N4O3. The maximum absolute atomic E-state index is 13.0. The number of aromatic nitrogens is 2. The quantitative estimate of drug-likeness (QED) is 0.435. The Bertz CT molecular complexity index is 859. The number of hydrogen-bond acceptors (Lipinski definition) is 4. The Morgan fingerprint density at radius 3 is 2.20 bits per heavy atom. The van der Waals surface area contributed by atoms with Gasteiger partial charge in [-0.3, -0.25) is 19.6 Å². The minimum absolute atomic E-state index is 0.113. The van der Waals surface area contributed by atoms with Crippen LogP contribution < -0.4 is 5.32 Å². The number of aryl methyl sites for hydroxylation is 1. The molecule has 0 atom stereocenters. The van der Waals surface area contributed by atoms with Crippen LogP contribution in [0, 0.1) is 10.1 Å². The van der Waals surface area contributed by atoms with E-state index in [1.54, 1.807) is 0 Å². The van der Waals surface area contributed by atoms with E-state index in [9.17, 15) is 28.1 Å². The van der Waals surface area contributed by atoms with Gasteiger partial charge in [0.15, 0.2) is 11.4 Å². The van der Waals surface area contributed by atoms with Gasteiger partial charge in [-0.1, -0.05) is 0 Å². The average molecular weight is 551 g/mol. The van der Waals surface area contributed by atoms with Gasteiger partial charge in [0.2, 0.25) is 0 Å². The highest BCUT2D eigenvalue weighted by atomic mass is 79.9. The molecule has 134 valence electrons. The smallest absolute Gasteiger partial charge is 0.319 e. The van der Waals surface area contributed by atoms with E-state index in [4.69, 9.17) is 0 Å². The van der Waals surface area contributed by atoms with Crippen molar-refractivity contribution in [3.63, 3.8) is 0 Å². The molecule has 0 aliphatic heterocycles. The first-order chi connectivity index (χ1) is 11.4. The standard InChI is InChI=1S/C12H6Br3F3N4O3/c1-21-10(12(16,17)18)7(15)9(20-21)11(23)19-8-5(13)2-4(22(24)25)3-6(8)14/h2-3H,1H3,(H,19,23). The van der Waals surface area contributed by atoms with Crippen molar-refractivity contribution in [3.05, 3.63) is 47.1 Å². The second-order valence-corrected chi connectivity index (χ2v) is 7.13. The molecule has 0 spiro atoms. The molecule has 0 bridgehead atoms. The Kier molecular flexibility index (Phi) is 5.59. The number of halogens is 6. The van der Waals surface area contributed by atoms with Crippen LogP contribution in [-0.4, -0.2) is 20.6 Å². The summed E-state index contributed by atoms with van der Waals surface area (Å²) in [6, 6.07) is 2.30. The molecule has 2 aromatic rings. The second-order valence-electron chi connectivity index (χ2n) is 4.63. The first kappa shape index (κ1) is 19.8. The van der Waals surface area contributed by atoms with Crippen LogP contribution in [0.5, 0.6) is 0 Å². The summed E-state index contributed by atoms with van der Waals surface area (Å²) in [5.74, 6) is -0.923. The third-order valence-electron chi connectivity index (χ3n) is 2.95. The van der Waals surface area contributed by atoms with E-state index in [0.717, 1.165) is 19.2 Å². The topological polar surface area (TPSA) is 90.1 Å². The van der Waals surface area contributed by atoms with Gasteiger partial charge in [0, 0.05) is 28.1 Å². The van der Waals surface area contributed by atoms with Gasteiger partial charge in [0.05, 0.1) is 15.1 Å². The summed E-state index contributed by atoms with van der Waals surface area (Å²) >= 11 is 8.88. The van der Waals surface area contributed by atoms with Crippen molar-refractivity contribution in [3.8, 4) is 0 Å². The number of alkyl halides is 3. The number of nitrogens with zero attached hydrogens (tertiary/aromatic N) is 3. The fraction of sp³-hybridized carbons (Fsp3) is 0.167. The number of non-ortho nitro benzene ring substituents is 1. The lowest BCUT2D eigenvalue weighted by Gasteiger charge is -2.09. The number of carbonyl (C=O) groups is 1. The van der Waals surface area contributed by atoms with E-state index in [-0.39, 0.29) is 20.3 Å². The van der Waals surface area contributed by atoms with Crippen molar-refractivity contribution in [1.29, 1.82) is 0 Å². The Hall–Kier alpha value is -1.47. The van der Waals surface area contributed by atoms with E-state index >= 15 is 0 Å². The fourth-order valence-corrected chi connectivity index (χ4v) is 4.01. The Morgan fingerprint density at radius 1 is 1.28 bits per heavy atom. The van der Waals surface area contributed by atoms with E-state index < -0.39 is 32.9 Å². The summed E-state index contributed by atoms with van der Waals surface area (Å²) in [5, 5.41) is 16.7. The molecule has 0 fully saturated rings. The zero-order chi connectivity index (χ0) is 19.1. The highest BCUT2D eigenvalue weighted by Crippen LogP contribution is 2.38. The minimum atomic E-state index is -4.70. The van der Waals surface area contributed by atoms with Crippen LogP contribution in [0.25, 0.3) is 0 Å². The van der Waals surface area contributed by atoms with Crippen molar-refractivity contribution >= 4 is 65.1 Å². The van der Waals surface area contributed by atoms with Crippen LogP contribution >= 0.6 is 47.8 Å². The summed E-state index contributed by atoms with van der Waals surface area (Å²) in [6.07, 6.45) is -4.70. The van der Waals surface area contributed by atoms with Crippen LogP contribution in [0.15, 0.2) is 25.6 Å². The highest BCUT2D eigenvalue weighted by molar-refractivity contribution is 9.11. The molecule has 0 unspecified atom stereocenters. The van der Waals surface area contributed by atoms with Gasteiger partial charge in [-0.15, -0.1) is 0 Å². The van der Waals surface area contributed by atoms with E-state index in [0.29, 0.717) is 4.68 Å². The molecule has 1 N–H and O–H groups in total. The number of nitro benzene ring substituents is 1. The summed E-state index contributed by atoms with van der Waals surface area (Å²) in [5.41, 5.74) is -1.72. The molecule has 0 saturated heterocycles. The summed E-state index contributed by atoms with van der Waals surface area (Å²) < 4.78 is 39.3. The van der Waals surface area contributed by atoms with Crippen molar-refractivity contribution in [2.75, 3.05) is 5.32 Å². The molecule has 0 aliphatic carbocycles. The van der Waals surface area contributed by atoms with Crippen LogP contribution in [0.4, 0.5) is 24.5 Å². The Balaban J connectivity index is 2.41. The lowest BCUT2D eigenvalue weighted by atomic mass is 10.2. The third-order valence-corrected chi connectivity index (χ3v) is 4.95. The first-order valence-electron chi connectivity index (χ1n) is 6.18. The number of hydrogen-bond donors (Lipinski definition) is 1. The van der Waals surface area contributed by atoms with Crippen LogP contribution in [0.2, 0.25) is 0 Å². The van der Waals surface area contributed by atoms with Crippen LogP contribution in [0.1, 0.15) is 16.2 Å². The Morgan fingerprint density at radius 2 is 1.80 bits per heavy atom. The van der Waals surface area contributed by atoms with Gasteiger partial charge < -0.3 is 5.32 Å². The van der Waals surface area contributed by atoms with Gasteiger partial charge in [0.25, 0.3) is 11.6 Å². The maximum Gasteiger partial charge on any atom is 0.434 e. The second kappa shape index (κ2) is 7.03. The lowest BCUT2D eigenvalue weighted by molar-refractivity contribution is -0.385. The lowest BCUT2D eigenvalue weighted by Crippen LogP contribution is -2.14. The largest absolute Gasteiger partial charge is 0.434 e. The monoisotopic (exact) mass is 548 g/mol. The SMILES string of the molecule is Cn1nc(C(=O)Nc2c(Br)cc([N+](=O)[O-])cc2Br)c(Br)c1C(F)(F)F. The fourth-order valence-electron chi connectivity index (χ4n) is 1.91. The van der Waals surface area contributed by atoms with Crippen molar-refractivity contribution < 1.29 is 22.9 Å². The van der Waals surface area contributed by atoms with Gasteiger partial charge in [-0.05, 0) is 47.8 Å². The van der Waals surface area contributed by atoms with Crippen LogP contribution in [0.3, 0.4) is 0 Å². The van der Waals surface area contributed by atoms with Crippen LogP contribution in [-0.2, 0) is 13.2 Å². The summed E-state index contributed by atoms with van der Waals surface area (Å²) in [4.78, 5) is 22.4. The molecule has 1 aromatic heterocycles. The van der Waals surface area contributed by atoms with Gasteiger partial charge in [0.1, 0.15) is 0 Å². The average Bonchev–Trinajstić information content (AvgIpc) is 2.77. The molecular weight excluding hydrogens is 545 g/mol. The summed E-state index contributed by atoms with van der Waals surface area (Å²) in [7, 11) is 1.06. The van der Waals surface area contributed by atoms with E-state index in [1.165, 1.54) is 0 Å². The first-order valence-corrected chi connectivity index (χ1v) is 8.55. The molecule has 0 radical (unpaired) electrons. The number of rotatable bonds is 3.